The van der Waals surface area contributed by atoms with E-state index in [1.54, 1.807) is 7.11 Å². The summed E-state index contributed by atoms with van der Waals surface area (Å²) < 4.78 is 5.22. The van der Waals surface area contributed by atoms with Gasteiger partial charge in [0.2, 0.25) is 0 Å². The van der Waals surface area contributed by atoms with Crippen molar-refractivity contribution in [3.05, 3.63) is 41.5 Å². The van der Waals surface area contributed by atoms with Crippen LogP contribution in [0.1, 0.15) is 32.3 Å². The molecule has 0 atom stereocenters. The Morgan fingerprint density at radius 1 is 1.25 bits per heavy atom. The highest BCUT2D eigenvalue weighted by atomic mass is 16.5. The van der Waals surface area contributed by atoms with Gasteiger partial charge in [0, 0.05) is 19.6 Å². The van der Waals surface area contributed by atoms with E-state index in [1.807, 2.05) is 0 Å². The monoisotopic (exact) mass is 330 g/mol. The molecule has 1 aromatic carbocycles. The van der Waals surface area contributed by atoms with Crippen LogP contribution in [0.3, 0.4) is 0 Å². The summed E-state index contributed by atoms with van der Waals surface area (Å²) in [6.07, 6.45) is 6.02. The number of hydrogen-bond acceptors (Lipinski definition) is 3. The first-order valence-corrected chi connectivity index (χ1v) is 9.26. The van der Waals surface area contributed by atoms with Gasteiger partial charge in [-0.25, -0.2) is 0 Å². The summed E-state index contributed by atoms with van der Waals surface area (Å²) in [6, 6.07) is 8.49. The number of likely N-dealkylation sites (N-methyl/N-ethyl adjacent to an activating group) is 1. The van der Waals surface area contributed by atoms with Gasteiger partial charge in [-0.15, -0.1) is 0 Å². The molecule has 1 aromatic rings. The Bertz CT molecular complexity index is 501. The van der Waals surface area contributed by atoms with E-state index in [0.29, 0.717) is 0 Å². The largest absolute Gasteiger partial charge is 0.497 e. The predicted molar refractivity (Wildman–Crippen MR) is 103 cm³/mol. The van der Waals surface area contributed by atoms with Crippen LogP contribution >= 0.6 is 0 Å². The molecule has 0 amide bonds. The fraction of sp³-hybridized carbons (Fsp3) is 0.619. The van der Waals surface area contributed by atoms with Gasteiger partial charge in [0.25, 0.3) is 0 Å². The Labute approximate surface area is 148 Å². The lowest BCUT2D eigenvalue weighted by molar-refractivity contribution is 0.159. The lowest BCUT2D eigenvalue weighted by Gasteiger charge is -2.34. The Hall–Kier alpha value is -1.32. The molecule has 24 heavy (non-hydrogen) atoms. The molecule has 0 radical (unpaired) electrons. The summed E-state index contributed by atoms with van der Waals surface area (Å²) in [5.74, 6) is 1.80. The maximum atomic E-state index is 5.22. The Morgan fingerprint density at radius 3 is 2.50 bits per heavy atom. The second kappa shape index (κ2) is 9.85. The number of hydrogen-bond donors (Lipinski definition) is 0. The molecule has 1 heterocycles. The number of rotatable bonds is 8. The average molecular weight is 331 g/mol. The molecule has 0 unspecified atom stereocenters. The third-order valence-electron chi connectivity index (χ3n) is 5.16. The van der Waals surface area contributed by atoms with Crippen molar-refractivity contribution in [2.75, 3.05) is 46.9 Å². The van der Waals surface area contributed by atoms with Crippen LogP contribution in [0.5, 0.6) is 5.75 Å². The number of methoxy groups -OCH3 is 1. The van der Waals surface area contributed by atoms with E-state index in [0.717, 1.165) is 24.6 Å². The number of piperidine rings is 1. The van der Waals surface area contributed by atoms with Crippen molar-refractivity contribution in [1.29, 1.82) is 0 Å². The van der Waals surface area contributed by atoms with E-state index >= 15 is 0 Å². The lowest BCUT2D eigenvalue weighted by atomic mass is 9.96. The van der Waals surface area contributed by atoms with Crippen molar-refractivity contribution < 1.29 is 4.74 Å². The lowest BCUT2D eigenvalue weighted by Crippen LogP contribution is -2.39. The Morgan fingerprint density at radius 2 is 1.92 bits per heavy atom. The molecule has 3 heteroatoms. The Balaban J connectivity index is 1.66. The molecule has 1 aliphatic heterocycles. The van der Waals surface area contributed by atoms with Crippen molar-refractivity contribution in [2.45, 2.75) is 33.1 Å². The van der Waals surface area contributed by atoms with Crippen molar-refractivity contribution in [2.24, 2.45) is 5.92 Å². The summed E-state index contributed by atoms with van der Waals surface area (Å²) in [4.78, 5) is 5.10. The summed E-state index contributed by atoms with van der Waals surface area (Å²) in [6.45, 7) is 10.4. The molecule has 0 spiro atoms. The molecule has 134 valence electrons. The number of ether oxygens (including phenoxy) is 1. The smallest absolute Gasteiger partial charge is 0.118 e. The molecular formula is C21H34N2O. The van der Waals surface area contributed by atoms with Crippen molar-refractivity contribution >= 4 is 0 Å². The first-order chi connectivity index (χ1) is 11.6. The molecule has 1 aliphatic rings. The summed E-state index contributed by atoms with van der Waals surface area (Å²) in [5.41, 5.74) is 2.87. The van der Waals surface area contributed by atoms with E-state index in [9.17, 15) is 0 Å². The van der Waals surface area contributed by atoms with Gasteiger partial charge in [-0.1, -0.05) is 23.8 Å². The summed E-state index contributed by atoms with van der Waals surface area (Å²) in [5, 5.41) is 0. The number of nitrogens with zero attached hydrogens (tertiary/aromatic N) is 2. The van der Waals surface area contributed by atoms with Crippen LogP contribution < -0.4 is 4.74 Å². The number of allylic oxidation sites excluding steroid dienone is 1. The maximum absolute atomic E-state index is 5.22. The highest BCUT2D eigenvalue weighted by Crippen LogP contribution is 2.19. The normalized spacial score (nSPS) is 17.5. The summed E-state index contributed by atoms with van der Waals surface area (Å²) >= 11 is 0. The van der Waals surface area contributed by atoms with Gasteiger partial charge >= 0.3 is 0 Å². The van der Waals surface area contributed by atoms with E-state index < -0.39 is 0 Å². The molecule has 0 saturated carbocycles. The minimum atomic E-state index is 0.858. The van der Waals surface area contributed by atoms with Gasteiger partial charge in [0.15, 0.2) is 0 Å². The van der Waals surface area contributed by atoms with Crippen LogP contribution in [-0.4, -0.2) is 56.7 Å². The van der Waals surface area contributed by atoms with E-state index in [1.165, 1.54) is 50.2 Å². The minimum absolute atomic E-state index is 0.858. The maximum Gasteiger partial charge on any atom is 0.118 e. The van der Waals surface area contributed by atoms with Crippen molar-refractivity contribution in [3.63, 3.8) is 0 Å². The van der Waals surface area contributed by atoms with Crippen LogP contribution in [0.2, 0.25) is 0 Å². The van der Waals surface area contributed by atoms with E-state index in [4.69, 9.17) is 4.74 Å². The zero-order valence-electron chi connectivity index (χ0n) is 15.9. The quantitative estimate of drug-likeness (QED) is 0.673. The van der Waals surface area contributed by atoms with E-state index in [2.05, 4.69) is 61.0 Å². The van der Waals surface area contributed by atoms with Crippen molar-refractivity contribution in [1.82, 2.24) is 9.80 Å². The fourth-order valence-corrected chi connectivity index (χ4v) is 3.49. The molecular weight excluding hydrogens is 296 g/mol. The minimum Gasteiger partial charge on any atom is -0.497 e. The van der Waals surface area contributed by atoms with Crippen LogP contribution in [0.25, 0.3) is 0 Å². The third-order valence-corrected chi connectivity index (χ3v) is 5.16. The van der Waals surface area contributed by atoms with Gasteiger partial charge in [0.05, 0.1) is 7.11 Å². The van der Waals surface area contributed by atoms with Gasteiger partial charge in [-0.05, 0) is 76.9 Å². The number of likely N-dealkylation sites (tertiary alicyclic amines) is 1. The fourth-order valence-electron chi connectivity index (χ4n) is 3.49. The third kappa shape index (κ3) is 6.29. The van der Waals surface area contributed by atoms with Crippen LogP contribution in [0, 0.1) is 5.92 Å². The molecule has 2 rings (SSSR count). The van der Waals surface area contributed by atoms with Crippen molar-refractivity contribution in [3.8, 4) is 5.75 Å². The highest BCUT2D eigenvalue weighted by Gasteiger charge is 2.20. The highest BCUT2D eigenvalue weighted by molar-refractivity contribution is 5.27. The summed E-state index contributed by atoms with van der Waals surface area (Å²) in [7, 11) is 3.97. The molecule has 0 aliphatic carbocycles. The average Bonchev–Trinajstić information content (AvgIpc) is 2.61. The zero-order valence-corrected chi connectivity index (χ0v) is 15.9. The standard InChI is InChI=1S/C21H34N2O/c1-5-18(2)16-22(3)17-20-11-14-23(15-12-20)13-10-19-6-8-21(24-4)9-7-19/h5-9,20H,10-17H2,1-4H3/b18-5+. The topological polar surface area (TPSA) is 15.7 Å². The zero-order chi connectivity index (χ0) is 17.4. The second-order valence-electron chi connectivity index (χ2n) is 7.21. The number of benzene rings is 1. The van der Waals surface area contributed by atoms with Crippen LogP contribution in [-0.2, 0) is 6.42 Å². The molecule has 0 aromatic heterocycles. The molecule has 3 nitrogen and oxygen atoms in total. The molecule has 0 bridgehead atoms. The van der Waals surface area contributed by atoms with Crippen LogP contribution in [0.4, 0.5) is 0 Å². The SMILES string of the molecule is C/C=C(\C)CN(C)CC1CCN(CCc2ccc(OC)cc2)CC1. The molecule has 1 saturated heterocycles. The van der Waals surface area contributed by atoms with Gasteiger partial charge in [-0.2, -0.15) is 0 Å². The second-order valence-corrected chi connectivity index (χ2v) is 7.21. The first-order valence-electron chi connectivity index (χ1n) is 9.26. The first kappa shape index (κ1) is 19.0. The predicted octanol–water partition coefficient (Wildman–Crippen LogP) is 3.85. The van der Waals surface area contributed by atoms with E-state index in [-0.39, 0.29) is 0 Å². The van der Waals surface area contributed by atoms with Gasteiger partial charge < -0.3 is 14.5 Å². The Kier molecular flexibility index (Phi) is 7.80. The van der Waals surface area contributed by atoms with Gasteiger partial charge in [0.1, 0.15) is 5.75 Å². The molecule has 0 N–H and O–H groups in total. The van der Waals surface area contributed by atoms with Crippen LogP contribution in [0.15, 0.2) is 35.9 Å². The van der Waals surface area contributed by atoms with Gasteiger partial charge in [-0.3, -0.25) is 0 Å². The molecule has 1 fully saturated rings.